The van der Waals surface area contributed by atoms with E-state index >= 15 is 0 Å². The lowest BCUT2D eigenvalue weighted by molar-refractivity contribution is -0.148. The highest BCUT2D eigenvalue weighted by atomic mass is 16.5. The van der Waals surface area contributed by atoms with Crippen molar-refractivity contribution in [3.05, 3.63) is 59.7 Å². The average Bonchev–Trinajstić information content (AvgIpc) is 3.20. The maximum Gasteiger partial charge on any atom is 0.407 e. The molecule has 8 nitrogen and oxygen atoms in total. The Hall–Kier alpha value is -3.39. The molecule has 1 atom stereocenters. The number of hydrogen-bond acceptors (Lipinski definition) is 5. The molecule has 0 bridgehead atoms. The molecule has 8 heteroatoms. The number of carbonyl (C=O) groups excluding carboxylic acids is 2. The Labute approximate surface area is 205 Å². The molecule has 1 fully saturated rings. The van der Waals surface area contributed by atoms with Crippen LogP contribution in [-0.2, 0) is 19.1 Å². The number of fused-ring (bicyclic) bond motifs is 3. The highest BCUT2D eigenvalue weighted by molar-refractivity contribution is 5.84. The fraction of sp³-hybridized carbons (Fsp3) is 0.444. The molecule has 1 saturated carbocycles. The van der Waals surface area contributed by atoms with Crippen molar-refractivity contribution in [2.75, 3.05) is 26.8 Å². The molecule has 1 unspecified atom stereocenters. The first kappa shape index (κ1) is 24.7. The van der Waals surface area contributed by atoms with Crippen molar-refractivity contribution in [1.29, 1.82) is 0 Å². The van der Waals surface area contributed by atoms with Crippen LogP contribution in [0.15, 0.2) is 48.5 Å². The Morgan fingerprint density at radius 2 is 1.57 bits per heavy atom. The highest BCUT2D eigenvalue weighted by Crippen LogP contribution is 2.44. The lowest BCUT2D eigenvalue weighted by atomic mass is 9.73. The van der Waals surface area contributed by atoms with Crippen molar-refractivity contribution >= 4 is 18.0 Å². The number of benzene rings is 2. The van der Waals surface area contributed by atoms with Crippen LogP contribution in [0.5, 0.6) is 0 Å². The number of carboxylic acid groups (broad SMARTS) is 1. The van der Waals surface area contributed by atoms with Gasteiger partial charge in [0.15, 0.2) is 6.10 Å². The Bertz CT molecular complexity index is 1030. The van der Waals surface area contributed by atoms with Crippen molar-refractivity contribution < 1.29 is 29.0 Å². The zero-order valence-corrected chi connectivity index (χ0v) is 19.9. The molecular formula is C27H32N2O6. The van der Waals surface area contributed by atoms with Gasteiger partial charge in [-0.3, -0.25) is 4.79 Å². The van der Waals surface area contributed by atoms with Crippen LogP contribution in [0.4, 0.5) is 4.79 Å². The topological polar surface area (TPSA) is 114 Å². The standard InChI is InChI=1S/C27H32N2O6/c1-34-23(24(30)31)15-28-25(32)27(13-7-2-8-14-27)17-29-26(33)35-16-22-20-11-5-3-9-18(20)19-10-4-6-12-21(19)22/h3-6,9-12,22-23H,2,7-8,13-17H2,1H3,(H,28,32)(H,29,33)(H,30,31). The van der Waals surface area contributed by atoms with E-state index in [0.717, 1.165) is 41.5 Å². The molecule has 2 aliphatic rings. The predicted molar refractivity (Wildman–Crippen MR) is 130 cm³/mol. The second-order valence-corrected chi connectivity index (χ2v) is 9.29. The average molecular weight is 481 g/mol. The Morgan fingerprint density at radius 1 is 0.971 bits per heavy atom. The third-order valence-electron chi connectivity index (χ3n) is 7.22. The minimum absolute atomic E-state index is 0.0397. The van der Waals surface area contributed by atoms with Gasteiger partial charge in [0.1, 0.15) is 6.61 Å². The fourth-order valence-corrected chi connectivity index (χ4v) is 5.25. The van der Waals surface area contributed by atoms with Gasteiger partial charge in [0.25, 0.3) is 0 Å². The summed E-state index contributed by atoms with van der Waals surface area (Å²) in [5.74, 6) is -1.44. The lowest BCUT2D eigenvalue weighted by Crippen LogP contribution is -2.51. The van der Waals surface area contributed by atoms with Crippen LogP contribution in [0.3, 0.4) is 0 Å². The Balaban J connectivity index is 1.37. The largest absolute Gasteiger partial charge is 0.479 e. The minimum Gasteiger partial charge on any atom is -0.479 e. The molecular weight excluding hydrogens is 448 g/mol. The lowest BCUT2D eigenvalue weighted by Gasteiger charge is -2.36. The molecule has 3 N–H and O–H groups in total. The van der Waals surface area contributed by atoms with Gasteiger partial charge in [-0.15, -0.1) is 0 Å². The van der Waals surface area contributed by atoms with E-state index in [2.05, 4.69) is 34.9 Å². The van der Waals surface area contributed by atoms with Gasteiger partial charge < -0.3 is 25.2 Å². The van der Waals surface area contributed by atoms with Crippen molar-refractivity contribution in [1.82, 2.24) is 10.6 Å². The van der Waals surface area contributed by atoms with E-state index in [1.54, 1.807) is 0 Å². The van der Waals surface area contributed by atoms with Gasteiger partial charge in [0.05, 0.1) is 12.0 Å². The number of ether oxygens (including phenoxy) is 2. The molecule has 0 saturated heterocycles. The molecule has 4 rings (SSSR count). The summed E-state index contributed by atoms with van der Waals surface area (Å²) in [6.45, 7) is 0.213. The van der Waals surface area contributed by atoms with Gasteiger partial charge in [-0.2, -0.15) is 0 Å². The predicted octanol–water partition coefficient (Wildman–Crippen LogP) is 3.69. The van der Waals surface area contributed by atoms with Gasteiger partial charge in [-0.1, -0.05) is 67.8 Å². The van der Waals surface area contributed by atoms with Crippen molar-refractivity contribution in [2.24, 2.45) is 5.41 Å². The molecule has 0 spiro atoms. The molecule has 2 amide bonds. The number of aliphatic carboxylic acids is 1. The van der Waals surface area contributed by atoms with Gasteiger partial charge in [-0.25, -0.2) is 9.59 Å². The van der Waals surface area contributed by atoms with Crippen LogP contribution in [0, 0.1) is 5.41 Å². The Kier molecular flexibility index (Phi) is 7.70. The molecule has 2 aromatic rings. The summed E-state index contributed by atoms with van der Waals surface area (Å²) in [6.07, 6.45) is 2.31. The first-order valence-corrected chi connectivity index (χ1v) is 12.1. The van der Waals surface area contributed by atoms with Crippen molar-refractivity contribution in [3.63, 3.8) is 0 Å². The summed E-state index contributed by atoms with van der Waals surface area (Å²) in [5, 5.41) is 14.7. The first-order chi connectivity index (χ1) is 16.9. The normalized spacial score (nSPS) is 17.1. The smallest absolute Gasteiger partial charge is 0.407 e. The number of carboxylic acids is 1. The van der Waals surface area contributed by atoms with Gasteiger partial charge in [0, 0.05) is 19.6 Å². The third kappa shape index (κ3) is 5.32. The monoisotopic (exact) mass is 480 g/mol. The van der Waals surface area contributed by atoms with Crippen molar-refractivity contribution in [2.45, 2.75) is 44.1 Å². The molecule has 0 aliphatic heterocycles. The number of hydrogen-bond donors (Lipinski definition) is 3. The number of amides is 2. The summed E-state index contributed by atoms with van der Waals surface area (Å²) >= 11 is 0. The van der Waals surface area contributed by atoms with E-state index in [9.17, 15) is 14.4 Å². The minimum atomic E-state index is -1.14. The molecule has 2 aliphatic carbocycles. The van der Waals surface area contributed by atoms with E-state index < -0.39 is 23.6 Å². The first-order valence-electron chi connectivity index (χ1n) is 12.1. The molecule has 2 aromatic carbocycles. The van der Waals surface area contributed by atoms with E-state index in [-0.39, 0.29) is 31.5 Å². The number of methoxy groups -OCH3 is 1. The summed E-state index contributed by atoms with van der Waals surface area (Å²) in [5.41, 5.74) is 3.79. The van der Waals surface area contributed by atoms with Crippen LogP contribution >= 0.6 is 0 Å². The zero-order valence-electron chi connectivity index (χ0n) is 19.9. The second kappa shape index (κ2) is 10.9. The number of alkyl carbamates (subject to hydrolysis) is 1. The van der Waals surface area contributed by atoms with Gasteiger partial charge in [-0.05, 0) is 35.1 Å². The fourth-order valence-electron chi connectivity index (χ4n) is 5.25. The summed E-state index contributed by atoms with van der Waals surface area (Å²) in [4.78, 5) is 36.9. The molecule has 0 radical (unpaired) electrons. The van der Waals surface area contributed by atoms with Crippen molar-refractivity contribution in [3.8, 4) is 11.1 Å². The van der Waals surface area contributed by atoms with Crippen LogP contribution in [0.25, 0.3) is 11.1 Å². The summed E-state index contributed by atoms with van der Waals surface area (Å²) in [7, 11) is 1.29. The SMILES string of the molecule is COC(CNC(=O)C1(CNC(=O)OCC2c3ccccc3-c3ccccc32)CCCCC1)C(=O)O. The highest BCUT2D eigenvalue weighted by Gasteiger charge is 2.40. The molecule has 35 heavy (non-hydrogen) atoms. The van der Waals surface area contributed by atoms with Crippen LogP contribution in [-0.4, -0.2) is 56.0 Å². The maximum atomic E-state index is 13.1. The third-order valence-corrected chi connectivity index (χ3v) is 7.22. The molecule has 0 aromatic heterocycles. The molecule has 0 heterocycles. The second-order valence-electron chi connectivity index (χ2n) is 9.29. The Morgan fingerprint density at radius 3 is 2.14 bits per heavy atom. The number of rotatable bonds is 9. The van der Waals surface area contributed by atoms with Crippen LogP contribution in [0.2, 0.25) is 0 Å². The summed E-state index contributed by atoms with van der Waals surface area (Å²) < 4.78 is 10.5. The summed E-state index contributed by atoms with van der Waals surface area (Å²) in [6, 6.07) is 16.3. The van der Waals surface area contributed by atoms with Gasteiger partial charge in [0.2, 0.25) is 5.91 Å². The number of carbonyl (C=O) groups is 3. The van der Waals surface area contributed by atoms with Crippen LogP contribution in [0.1, 0.15) is 49.1 Å². The van der Waals surface area contributed by atoms with E-state index in [1.165, 1.54) is 7.11 Å². The quantitative estimate of drug-likeness (QED) is 0.504. The zero-order chi connectivity index (χ0) is 24.8. The van der Waals surface area contributed by atoms with E-state index in [4.69, 9.17) is 14.6 Å². The van der Waals surface area contributed by atoms with Crippen LogP contribution < -0.4 is 10.6 Å². The van der Waals surface area contributed by atoms with E-state index in [0.29, 0.717) is 12.8 Å². The van der Waals surface area contributed by atoms with E-state index in [1.807, 2.05) is 24.3 Å². The maximum absolute atomic E-state index is 13.1. The van der Waals surface area contributed by atoms with Gasteiger partial charge >= 0.3 is 12.1 Å². The number of nitrogens with one attached hydrogen (secondary N) is 2. The molecule has 186 valence electrons.